The predicted octanol–water partition coefficient (Wildman–Crippen LogP) is -9.42. The van der Waals surface area contributed by atoms with E-state index < -0.39 is 139 Å². The molecule has 0 spiro atoms. The Kier molecular flexibility index (Phi) is 38.4. The number of aliphatic hydroxyl groups excluding tert-OH is 2. The summed E-state index contributed by atoms with van der Waals surface area (Å²) in [6.07, 6.45) is 5.86. The lowest BCUT2D eigenvalue weighted by Crippen LogP contribution is -2.63. The molecule has 2 heterocycles. The Morgan fingerprint density at radius 3 is 1.79 bits per heavy atom. The number of likely N-dealkylation sites (tertiary alicyclic amines) is 1. The van der Waals surface area contributed by atoms with Crippen LogP contribution >= 0.6 is 0 Å². The first-order chi connectivity index (χ1) is 42.6. The van der Waals surface area contributed by atoms with Gasteiger partial charge in [0.25, 0.3) is 5.91 Å². The van der Waals surface area contributed by atoms with Crippen molar-refractivity contribution in [3.63, 3.8) is 0 Å². The third kappa shape index (κ3) is 29.1. The minimum absolute atomic E-state index is 0.0148. The number of hydrogen-bond donors (Lipinski definition) is 22. The average molecular weight is 1260 g/mol. The number of aromatic amines is 1. The van der Waals surface area contributed by atoms with Gasteiger partial charge in [-0.15, -0.1) is 0 Å². The fourth-order valence-corrected chi connectivity index (χ4v) is 9.25. The fraction of sp³-hybridized carbons (Fsp3) is 0.704. The van der Waals surface area contributed by atoms with Crippen LogP contribution in [-0.2, 0) is 54.4 Å². The summed E-state index contributed by atoms with van der Waals surface area (Å²) >= 11 is 0. The Hall–Kier alpha value is -7.48. The van der Waals surface area contributed by atoms with E-state index in [0.29, 0.717) is 89.7 Å². The van der Waals surface area contributed by atoms with Gasteiger partial charge < -0.3 is 125 Å². The molecule has 10 amide bonds. The molecule has 32 N–H and O–H groups in total. The molecule has 1 aromatic heterocycles. The Morgan fingerprint density at radius 2 is 1.20 bits per heavy atom. The lowest BCUT2D eigenvalue weighted by atomic mass is 10.0. The molecule has 1 saturated heterocycles. The summed E-state index contributed by atoms with van der Waals surface area (Å²) in [5.74, 6) is -8.63. The second-order valence-electron chi connectivity index (χ2n) is 21.4. The Morgan fingerprint density at radius 1 is 0.629 bits per heavy atom. The van der Waals surface area contributed by atoms with Crippen molar-refractivity contribution in [1.82, 2.24) is 62.7 Å². The topological polar surface area (TPSA) is 624 Å². The van der Waals surface area contributed by atoms with Gasteiger partial charge in [0.1, 0.15) is 48.0 Å². The number of rotatable bonds is 46. The molecule has 89 heavy (non-hydrogen) atoms. The Labute approximate surface area is 518 Å². The number of H-pyrrole nitrogens is 1. The van der Waals surface area contributed by atoms with Crippen molar-refractivity contribution in [3.05, 3.63) is 30.0 Å². The number of aliphatic imine (C=N–C) groups is 1. The lowest BCUT2D eigenvalue weighted by molar-refractivity contribution is -0.142. The highest BCUT2D eigenvalue weighted by atomic mass is 16.3. The van der Waals surface area contributed by atoms with Crippen LogP contribution in [0.4, 0.5) is 0 Å². The zero-order valence-corrected chi connectivity index (χ0v) is 50.9. The number of nitrogens with two attached hydrogens (primary N) is 10. The molecule has 35 heteroatoms. The number of guanidine groups is 1. The molecule has 0 saturated carbocycles. The summed E-state index contributed by atoms with van der Waals surface area (Å²) in [7, 11) is 0. The van der Waals surface area contributed by atoms with E-state index in [2.05, 4.69) is 62.8 Å². The maximum Gasteiger partial charge on any atom is 0.268 e. The van der Waals surface area contributed by atoms with Gasteiger partial charge in [0.2, 0.25) is 53.2 Å². The highest BCUT2D eigenvalue weighted by Gasteiger charge is 2.40. The number of hydrogen-bond acceptors (Lipinski definition) is 22. The van der Waals surface area contributed by atoms with Crippen molar-refractivity contribution in [2.75, 3.05) is 72.0 Å². The van der Waals surface area contributed by atoms with E-state index in [1.165, 1.54) is 23.5 Å². The van der Waals surface area contributed by atoms with E-state index in [4.69, 9.17) is 57.3 Å². The SMILES string of the molecule is NCCCCNC(=O)[C@H](CCCCN)NC(=O)/C(=C/CCN=C(N)N)NC(=O)[C@H](CCCCN)NC(=O)C(Cc1cnc[nH]1)NC(=O)[C@@H]1CCCN1C(=O)[C@@H](CCCN)NC(=O)CNC(=O)[C@H](NC(=O)[C@@H](NC(=O)C(N)CCCCN)[C@@H](O)CN)[C@H](O)CN. The van der Waals surface area contributed by atoms with Crippen LogP contribution in [0.15, 0.2) is 29.3 Å². The molecule has 0 aliphatic carbocycles. The van der Waals surface area contributed by atoms with E-state index >= 15 is 0 Å². The van der Waals surface area contributed by atoms with E-state index in [9.17, 15) is 58.2 Å². The number of carbonyl (C=O) groups is 10. The Balaban J connectivity index is 2.39. The first-order valence-corrected chi connectivity index (χ1v) is 30.3. The normalized spacial score (nSPS) is 16.1. The van der Waals surface area contributed by atoms with Gasteiger partial charge >= 0.3 is 0 Å². The second kappa shape index (κ2) is 44.0. The zero-order chi connectivity index (χ0) is 66.3. The van der Waals surface area contributed by atoms with Crippen LogP contribution in [0.1, 0.15) is 108 Å². The molecule has 1 aromatic rings. The van der Waals surface area contributed by atoms with Crippen molar-refractivity contribution < 1.29 is 58.2 Å². The molecular formula is C54H101N23O12. The highest BCUT2D eigenvalue weighted by molar-refractivity contribution is 6.02. The smallest absolute Gasteiger partial charge is 0.268 e. The number of unbranched alkanes of at least 4 members (excludes halogenated alkanes) is 4. The first kappa shape index (κ1) is 77.6. The lowest BCUT2D eigenvalue weighted by Gasteiger charge is -2.30. The van der Waals surface area contributed by atoms with Gasteiger partial charge in [-0.3, -0.25) is 52.9 Å². The largest absolute Gasteiger partial charge is 0.389 e. The molecule has 2 unspecified atom stereocenters. The number of aliphatic hydroxyl groups is 2. The molecule has 2 rings (SSSR count). The third-order valence-corrected chi connectivity index (χ3v) is 14.3. The van der Waals surface area contributed by atoms with Crippen LogP contribution in [0.25, 0.3) is 0 Å². The van der Waals surface area contributed by atoms with Crippen molar-refractivity contribution in [2.24, 2.45) is 62.3 Å². The van der Waals surface area contributed by atoms with Crippen molar-refractivity contribution in [1.29, 1.82) is 0 Å². The minimum atomic E-state index is -1.84. The minimum Gasteiger partial charge on any atom is -0.389 e. The number of aromatic nitrogens is 2. The zero-order valence-electron chi connectivity index (χ0n) is 50.9. The van der Waals surface area contributed by atoms with Crippen molar-refractivity contribution in [3.8, 4) is 0 Å². The number of nitrogens with zero attached hydrogens (tertiary/aromatic N) is 3. The summed E-state index contributed by atoms with van der Waals surface area (Å²) in [5, 5.41) is 44.3. The van der Waals surface area contributed by atoms with Crippen LogP contribution in [0.5, 0.6) is 0 Å². The number of imidazole rings is 1. The molecule has 0 radical (unpaired) electrons. The summed E-state index contributed by atoms with van der Waals surface area (Å²) in [5.41, 5.74) is 56.8. The molecule has 504 valence electrons. The van der Waals surface area contributed by atoms with Crippen LogP contribution in [0.3, 0.4) is 0 Å². The quantitative estimate of drug-likeness (QED) is 0.0125. The van der Waals surface area contributed by atoms with E-state index in [1.54, 1.807) is 0 Å². The van der Waals surface area contributed by atoms with Gasteiger partial charge in [-0.05, 0) is 129 Å². The van der Waals surface area contributed by atoms with Crippen molar-refractivity contribution in [2.45, 2.75) is 170 Å². The van der Waals surface area contributed by atoms with Gasteiger partial charge in [-0.25, -0.2) is 4.98 Å². The molecule has 1 aliphatic rings. The maximum atomic E-state index is 14.5. The number of nitrogens with one attached hydrogen (secondary N) is 10. The molecule has 10 atom stereocenters. The summed E-state index contributed by atoms with van der Waals surface area (Å²) in [4.78, 5) is 151. The van der Waals surface area contributed by atoms with Crippen LogP contribution in [-0.4, -0.2) is 223 Å². The average Bonchev–Trinajstić information content (AvgIpc) is 3.90. The molecule has 35 nitrogen and oxygen atoms in total. The van der Waals surface area contributed by atoms with Gasteiger partial charge in [0.05, 0.1) is 31.1 Å². The highest BCUT2D eigenvalue weighted by Crippen LogP contribution is 2.21. The fourth-order valence-electron chi connectivity index (χ4n) is 9.25. The molecule has 0 aromatic carbocycles. The standard InChI is InChI=1S/C54H101N23O12/c55-18-4-1-12-33(62)45(81)75-44(41(79)28-61)52(88)76-43(40(78)27-60)51(87)68-30-42(80)70-37(15-9-22-59)53(89)77-25-11-17-39(77)50(86)74-38(26-32-29-65-31-69-32)49(85)73-35(14-3-6-20-57)47(83)72-36(16-10-24-67-54(63)64)48(84)71-34(13-2-5-19-56)46(82)66-23-8-7-21-58/h16,29,31,33-35,37-41,43-44,78-79H,1-15,17-28,30,55-62H2,(H,65,69)(H,66,82)(H,68,87)(H,70,80)(H,71,84)(H,72,83)(H,73,85)(H,74,86)(H,75,81)(H,76,88)(H4,63,64,67)/b36-16-/t33?,34-,35-,37+,38?,39-,40+,41-,43+,44-/m0/s1. The molecule has 0 bridgehead atoms. The van der Waals surface area contributed by atoms with Gasteiger partial charge in [-0.1, -0.05) is 12.5 Å². The number of carbonyl (C=O) groups excluding carboxylic acids is 10. The van der Waals surface area contributed by atoms with Crippen LogP contribution in [0.2, 0.25) is 0 Å². The van der Waals surface area contributed by atoms with Gasteiger partial charge in [0, 0.05) is 51.0 Å². The summed E-state index contributed by atoms with van der Waals surface area (Å²) in [6, 6.07) is -10.9. The maximum absolute atomic E-state index is 14.5. The second-order valence-corrected chi connectivity index (χ2v) is 21.4. The van der Waals surface area contributed by atoms with Crippen molar-refractivity contribution >= 4 is 65.0 Å². The Bertz CT molecular complexity index is 2420. The van der Waals surface area contributed by atoms with Crippen LogP contribution < -0.4 is 105 Å². The third-order valence-electron chi connectivity index (χ3n) is 14.3. The van der Waals surface area contributed by atoms with E-state index in [-0.39, 0.29) is 89.2 Å². The summed E-state index contributed by atoms with van der Waals surface area (Å²) < 4.78 is 0. The van der Waals surface area contributed by atoms with Crippen LogP contribution in [0, 0.1) is 0 Å². The predicted molar refractivity (Wildman–Crippen MR) is 330 cm³/mol. The molecular weight excluding hydrogens is 1160 g/mol. The first-order valence-electron chi connectivity index (χ1n) is 30.3. The molecule has 1 aliphatic heterocycles. The molecule has 1 fully saturated rings. The monoisotopic (exact) mass is 1260 g/mol. The number of amides is 10. The summed E-state index contributed by atoms with van der Waals surface area (Å²) in [6.45, 7) is -0.0523. The van der Waals surface area contributed by atoms with Gasteiger partial charge in [0.15, 0.2) is 5.96 Å². The van der Waals surface area contributed by atoms with E-state index in [1.807, 2.05) is 0 Å². The van der Waals surface area contributed by atoms with E-state index in [0.717, 1.165) is 0 Å². The van der Waals surface area contributed by atoms with Gasteiger partial charge in [-0.2, -0.15) is 0 Å².